The SMILES string of the molecule is CCC1(CN2CCN(CC(F)(F)F)CC2)CCCNC1. The van der Waals surface area contributed by atoms with Crippen LogP contribution in [0.15, 0.2) is 0 Å². The first kappa shape index (κ1) is 16.0. The van der Waals surface area contributed by atoms with Gasteiger partial charge in [0.05, 0.1) is 6.54 Å². The van der Waals surface area contributed by atoms with Crippen molar-refractivity contribution in [3.05, 3.63) is 0 Å². The van der Waals surface area contributed by atoms with Gasteiger partial charge in [0.2, 0.25) is 0 Å². The molecule has 1 N–H and O–H groups in total. The Bertz CT molecular complexity index is 293. The van der Waals surface area contributed by atoms with Gasteiger partial charge < -0.3 is 10.2 Å². The summed E-state index contributed by atoms with van der Waals surface area (Å²) in [5.41, 5.74) is 0.324. The fraction of sp³-hybridized carbons (Fsp3) is 1.00. The van der Waals surface area contributed by atoms with E-state index < -0.39 is 12.7 Å². The van der Waals surface area contributed by atoms with E-state index in [9.17, 15) is 13.2 Å². The van der Waals surface area contributed by atoms with E-state index in [1.807, 2.05) is 0 Å². The minimum atomic E-state index is -4.07. The molecule has 0 radical (unpaired) electrons. The Labute approximate surface area is 119 Å². The molecule has 0 aromatic rings. The van der Waals surface area contributed by atoms with Crippen LogP contribution in [0.3, 0.4) is 0 Å². The van der Waals surface area contributed by atoms with Gasteiger partial charge in [-0.05, 0) is 31.2 Å². The van der Waals surface area contributed by atoms with E-state index >= 15 is 0 Å². The van der Waals surface area contributed by atoms with Gasteiger partial charge in [-0.2, -0.15) is 13.2 Å². The van der Waals surface area contributed by atoms with Crippen LogP contribution >= 0.6 is 0 Å². The molecule has 0 aliphatic carbocycles. The predicted octanol–water partition coefficient (Wildman–Crippen LogP) is 1.95. The predicted molar refractivity (Wildman–Crippen MR) is 73.8 cm³/mol. The van der Waals surface area contributed by atoms with E-state index in [0.29, 0.717) is 18.5 Å². The molecule has 0 bridgehead atoms. The average molecular weight is 293 g/mol. The molecule has 2 aliphatic heterocycles. The third-order valence-corrected chi connectivity index (χ3v) is 4.74. The van der Waals surface area contributed by atoms with Gasteiger partial charge in [0.15, 0.2) is 0 Å². The molecule has 20 heavy (non-hydrogen) atoms. The summed E-state index contributed by atoms with van der Waals surface area (Å²) < 4.78 is 37.1. The summed E-state index contributed by atoms with van der Waals surface area (Å²) in [7, 11) is 0. The number of nitrogens with one attached hydrogen (secondary N) is 1. The quantitative estimate of drug-likeness (QED) is 0.855. The number of alkyl halides is 3. The fourth-order valence-corrected chi connectivity index (χ4v) is 3.41. The summed E-state index contributed by atoms with van der Waals surface area (Å²) in [6.45, 7) is 7.23. The molecule has 2 rings (SSSR count). The molecular weight excluding hydrogens is 267 g/mol. The van der Waals surface area contributed by atoms with Crippen LogP contribution in [0.4, 0.5) is 13.2 Å². The molecule has 0 spiro atoms. The minimum Gasteiger partial charge on any atom is -0.316 e. The first-order valence-corrected chi connectivity index (χ1v) is 7.65. The van der Waals surface area contributed by atoms with Crippen molar-refractivity contribution in [2.45, 2.75) is 32.4 Å². The number of halogens is 3. The van der Waals surface area contributed by atoms with Crippen LogP contribution in [0.2, 0.25) is 0 Å². The van der Waals surface area contributed by atoms with Gasteiger partial charge >= 0.3 is 6.18 Å². The van der Waals surface area contributed by atoms with E-state index in [0.717, 1.165) is 39.1 Å². The summed E-state index contributed by atoms with van der Waals surface area (Å²) in [5.74, 6) is 0. The highest BCUT2D eigenvalue weighted by Crippen LogP contribution is 2.31. The number of nitrogens with zero attached hydrogens (tertiary/aromatic N) is 2. The second-order valence-corrected chi connectivity index (χ2v) is 6.30. The molecule has 3 nitrogen and oxygen atoms in total. The van der Waals surface area contributed by atoms with Crippen LogP contribution < -0.4 is 5.32 Å². The average Bonchev–Trinajstić information content (AvgIpc) is 2.40. The van der Waals surface area contributed by atoms with E-state index in [1.165, 1.54) is 17.7 Å². The van der Waals surface area contributed by atoms with E-state index in [-0.39, 0.29) is 0 Å². The summed E-state index contributed by atoms with van der Waals surface area (Å²) in [6.07, 6.45) is -0.482. The highest BCUT2D eigenvalue weighted by Gasteiger charge is 2.35. The van der Waals surface area contributed by atoms with Crippen molar-refractivity contribution in [3.63, 3.8) is 0 Å². The monoisotopic (exact) mass is 293 g/mol. The van der Waals surface area contributed by atoms with Gasteiger partial charge in [-0.1, -0.05) is 6.92 Å². The van der Waals surface area contributed by atoms with Gasteiger partial charge in [0.25, 0.3) is 0 Å². The fourth-order valence-electron chi connectivity index (χ4n) is 3.41. The number of hydrogen-bond acceptors (Lipinski definition) is 3. The van der Waals surface area contributed by atoms with Crippen LogP contribution in [-0.4, -0.2) is 68.3 Å². The molecule has 118 valence electrons. The Balaban J connectivity index is 1.78. The second kappa shape index (κ2) is 6.62. The van der Waals surface area contributed by atoms with Crippen LogP contribution in [0, 0.1) is 5.41 Å². The number of hydrogen-bond donors (Lipinski definition) is 1. The Morgan fingerprint density at radius 2 is 1.75 bits per heavy atom. The maximum atomic E-state index is 12.4. The van der Waals surface area contributed by atoms with Crippen molar-refractivity contribution < 1.29 is 13.2 Å². The zero-order valence-corrected chi connectivity index (χ0v) is 12.3. The first-order chi connectivity index (χ1) is 9.42. The van der Waals surface area contributed by atoms with Crippen molar-refractivity contribution in [1.29, 1.82) is 0 Å². The Hall–Kier alpha value is -0.330. The third-order valence-electron chi connectivity index (χ3n) is 4.74. The van der Waals surface area contributed by atoms with Crippen LogP contribution in [0.25, 0.3) is 0 Å². The van der Waals surface area contributed by atoms with Gasteiger partial charge in [0, 0.05) is 39.3 Å². The van der Waals surface area contributed by atoms with Gasteiger partial charge in [-0.3, -0.25) is 4.90 Å². The lowest BCUT2D eigenvalue weighted by Crippen LogP contribution is -2.54. The lowest BCUT2D eigenvalue weighted by atomic mass is 9.78. The molecule has 1 atom stereocenters. The largest absolute Gasteiger partial charge is 0.401 e. The maximum Gasteiger partial charge on any atom is 0.401 e. The molecule has 6 heteroatoms. The van der Waals surface area contributed by atoms with E-state index in [4.69, 9.17) is 0 Å². The summed E-state index contributed by atoms with van der Waals surface area (Å²) >= 11 is 0. The molecule has 1 unspecified atom stereocenters. The Kier molecular flexibility index (Phi) is 5.31. The van der Waals surface area contributed by atoms with Crippen LogP contribution in [0.5, 0.6) is 0 Å². The molecule has 2 fully saturated rings. The second-order valence-electron chi connectivity index (χ2n) is 6.30. The standard InChI is InChI=1S/C14H26F3N3/c1-2-13(4-3-5-18-10-13)11-19-6-8-20(9-7-19)12-14(15,16)17/h18H,2-12H2,1H3. The van der Waals surface area contributed by atoms with Crippen molar-refractivity contribution in [2.24, 2.45) is 5.41 Å². The van der Waals surface area contributed by atoms with Gasteiger partial charge in [-0.15, -0.1) is 0 Å². The molecule has 0 aromatic carbocycles. The molecular formula is C14H26F3N3. The molecule has 2 saturated heterocycles. The minimum absolute atomic E-state index is 0.324. The highest BCUT2D eigenvalue weighted by atomic mass is 19.4. The smallest absolute Gasteiger partial charge is 0.316 e. The molecule has 0 amide bonds. The van der Waals surface area contributed by atoms with E-state index in [1.54, 1.807) is 0 Å². The van der Waals surface area contributed by atoms with Crippen LogP contribution in [-0.2, 0) is 0 Å². The van der Waals surface area contributed by atoms with Crippen molar-refractivity contribution in [2.75, 3.05) is 52.4 Å². The lowest BCUT2D eigenvalue weighted by molar-refractivity contribution is -0.149. The summed E-state index contributed by atoms with van der Waals surface area (Å²) in [5, 5.41) is 3.47. The molecule has 0 saturated carbocycles. The number of piperidine rings is 1. The van der Waals surface area contributed by atoms with Crippen LogP contribution in [0.1, 0.15) is 26.2 Å². The van der Waals surface area contributed by atoms with Crippen molar-refractivity contribution in [1.82, 2.24) is 15.1 Å². The highest BCUT2D eigenvalue weighted by molar-refractivity contribution is 4.88. The van der Waals surface area contributed by atoms with Crippen molar-refractivity contribution in [3.8, 4) is 0 Å². The van der Waals surface area contributed by atoms with E-state index in [2.05, 4.69) is 17.1 Å². The Morgan fingerprint density at radius 3 is 2.25 bits per heavy atom. The topological polar surface area (TPSA) is 18.5 Å². The zero-order valence-electron chi connectivity index (χ0n) is 12.3. The Morgan fingerprint density at radius 1 is 1.10 bits per heavy atom. The molecule has 0 aromatic heterocycles. The summed E-state index contributed by atoms with van der Waals surface area (Å²) in [4.78, 5) is 3.87. The molecule has 2 heterocycles. The normalized spacial score (nSPS) is 30.6. The number of piperazine rings is 1. The molecule has 2 aliphatic rings. The first-order valence-electron chi connectivity index (χ1n) is 7.65. The third kappa shape index (κ3) is 4.60. The number of rotatable bonds is 4. The maximum absolute atomic E-state index is 12.4. The van der Waals surface area contributed by atoms with Gasteiger partial charge in [0.1, 0.15) is 0 Å². The lowest BCUT2D eigenvalue weighted by Gasteiger charge is -2.43. The van der Waals surface area contributed by atoms with Gasteiger partial charge in [-0.25, -0.2) is 0 Å². The summed E-state index contributed by atoms with van der Waals surface area (Å²) in [6, 6.07) is 0. The zero-order chi connectivity index (χ0) is 14.6. The van der Waals surface area contributed by atoms with Crippen molar-refractivity contribution >= 4 is 0 Å².